The van der Waals surface area contributed by atoms with E-state index in [4.69, 9.17) is 0 Å². The topological polar surface area (TPSA) is 25.8 Å². The smallest absolute Gasteiger partial charge is 0.0794 e. The summed E-state index contributed by atoms with van der Waals surface area (Å²) in [6.07, 6.45) is 13.0. The average molecular weight is 339 g/mol. The van der Waals surface area contributed by atoms with Gasteiger partial charge in [-0.25, -0.2) is 4.98 Å². The first-order valence-electron chi connectivity index (χ1n) is 8.54. The molecule has 3 rings (SSSR count). The van der Waals surface area contributed by atoms with E-state index in [1.165, 1.54) is 49.1 Å². The molecule has 2 aromatic heterocycles. The normalized spacial score (nSPS) is 14.5. The monoisotopic (exact) mass is 338 g/mol. The minimum Gasteiger partial charge on any atom is -0.253 e. The van der Waals surface area contributed by atoms with E-state index in [-0.39, 0.29) is 0 Å². The second-order valence-corrected chi connectivity index (χ2v) is 7.26. The van der Waals surface area contributed by atoms with Crippen LogP contribution in [0.15, 0.2) is 22.6 Å². The van der Waals surface area contributed by atoms with E-state index in [1.807, 2.05) is 17.2 Å². The molecule has 0 N–H and O–H groups in total. The van der Waals surface area contributed by atoms with Crippen LogP contribution in [0.4, 0.5) is 0 Å². The molecule has 1 aliphatic rings. The number of aromatic nitrogens is 2. The lowest BCUT2D eigenvalue weighted by atomic mass is 9.88. The van der Waals surface area contributed by atoms with Crippen molar-refractivity contribution in [2.24, 2.45) is 5.92 Å². The van der Waals surface area contributed by atoms with Gasteiger partial charge in [0.15, 0.2) is 0 Å². The maximum absolute atomic E-state index is 4.05. The van der Waals surface area contributed by atoms with Crippen molar-refractivity contribution in [3.8, 4) is 0 Å². The molecule has 0 bridgehead atoms. The minimum atomic E-state index is 1.06. The van der Waals surface area contributed by atoms with E-state index >= 15 is 0 Å². The quantitative estimate of drug-likeness (QED) is 0.648. The molecule has 0 spiro atoms. The van der Waals surface area contributed by atoms with Gasteiger partial charge in [0.25, 0.3) is 0 Å². The van der Waals surface area contributed by atoms with E-state index in [1.54, 1.807) is 22.7 Å². The Morgan fingerprint density at radius 2 is 1.82 bits per heavy atom. The Kier molecular flexibility index (Phi) is 11.2. The standard InChI is InChI=1S/C8H16.2C5H7NS/c1-2-8-6-4-3-5-7-8;1-2-5-3-7-4-6-5;1-2-5-3-6-4-7-5/h8H,2-7H2,1H3;2*3-4H,2H2,1H3. The molecule has 0 saturated heterocycles. The van der Waals surface area contributed by atoms with E-state index in [2.05, 4.69) is 36.1 Å². The van der Waals surface area contributed by atoms with Crippen LogP contribution in [0.5, 0.6) is 0 Å². The molecule has 0 aliphatic heterocycles. The molecule has 2 nitrogen and oxygen atoms in total. The molecule has 0 aromatic carbocycles. The number of hydrogen-bond acceptors (Lipinski definition) is 4. The van der Waals surface area contributed by atoms with E-state index in [9.17, 15) is 0 Å². The summed E-state index contributed by atoms with van der Waals surface area (Å²) in [4.78, 5) is 9.33. The molecule has 0 atom stereocenters. The highest BCUT2D eigenvalue weighted by atomic mass is 32.1. The molecule has 0 unspecified atom stereocenters. The van der Waals surface area contributed by atoms with Gasteiger partial charge in [-0.2, -0.15) is 0 Å². The van der Waals surface area contributed by atoms with Crippen LogP contribution in [0, 0.1) is 5.92 Å². The summed E-state index contributed by atoms with van der Waals surface area (Å²) >= 11 is 3.36. The third-order valence-electron chi connectivity index (χ3n) is 3.98. The SMILES string of the molecule is CCC1CCCCC1.CCc1cncs1.CCc1cscn1. The zero-order valence-electron chi connectivity index (χ0n) is 14.3. The van der Waals surface area contributed by atoms with Gasteiger partial charge in [0.2, 0.25) is 0 Å². The zero-order chi connectivity index (χ0) is 16.0. The van der Waals surface area contributed by atoms with Crippen molar-refractivity contribution in [3.63, 3.8) is 0 Å². The molecule has 1 aliphatic carbocycles. The number of nitrogens with zero attached hydrogens (tertiary/aromatic N) is 2. The van der Waals surface area contributed by atoms with Crippen molar-refractivity contribution >= 4 is 22.7 Å². The summed E-state index contributed by atoms with van der Waals surface area (Å²) in [5.41, 5.74) is 4.92. The molecule has 1 fully saturated rings. The lowest BCUT2D eigenvalue weighted by Crippen LogP contribution is -2.03. The van der Waals surface area contributed by atoms with Gasteiger partial charge in [-0.3, -0.25) is 4.98 Å². The van der Waals surface area contributed by atoms with Crippen molar-refractivity contribution in [3.05, 3.63) is 33.2 Å². The summed E-state index contributed by atoms with van der Waals surface area (Å²) in [7, 11) is 0. The molecule has 22 heavy (non-hydrogen) atoms. The third-order valence-corrected chi connectivity index (χ3v) is 5.54. The molecule has 4 heteroatoms. The van der Waals surface area contributed by atoms with Crippen molar-refractivity contribution in [1.29, 1.82) is 0 Å². The minimum absolute atomic E-state index is 1.06. The van der Waals surface area contributed by atoms with Crippen LogP contribution in [-0.2, 0) is 12.8 Å². The summed E-state index contributed by atoms with van der Waals surface area (Å²) in [5.74, 6) is 1.09. The van der Waals surface area contributed by atoms with Gasteiger partial charge in [0.1, 0.15) is 0 Å². The molecule has 124 valence electrons. The predicted molar refractivity (Wildman–Crippen MR) is 99.9 cm³/mol. The lowest BCUT2D eigenvalue weighted by Gasteiger charge is -2.18. The van der Waals surface area contributed by atoms with Crippen LogP contribution < -0.4 is 0 Å². The fraction of sp³-hybridized carbons (Fsp3) is 0.667. The molecule has 1 saturated carbocycles. The van der Waals surface area contributed by atoms with E-state index < -0.39 is 0 Å². The van der Waals surface area contributed by atoms with Crippen LogP contribution in [0.1, 0.15) is 69.9 Å². The van der Waals surface area contributed by atoms with E-state index in [0.717, 1.165) is 18.8 Å². The predicted octanol–water partition coefficient (Wildman–Crippen LogP) is 6.39. The van der Waals surface area contributed by atoms with E-state index in [0.29, 0.717) is 0 Å². The first kappa shape index (κ1) is 19.3. The highest BCUT2D eigenvalue weighted by molar-refractivity contribution is 7.09. The van der Waals surface area contributed by atoms with Gasteiger partial charge in [-0.1, -0.05) is 59.3 Å². The molecular weight excluding hydrogens is 308 g/mol. The second kappa shape index (κ2) is 12.8. The van der Waals surface area contributed by atoms with Gasteiger partial charge < -0.3 is 0 Å². The maximum Gasteiger partial charge on any atom is 0.0794 e. The van der Waals surface area contributed by atoms with Crippen molar-refractivity contribution < 1.29 is 0 Å². The maximum atomic E-state index is 4.05. The Balaban J connectivity index is 0.000000166. The van der Waals surface area contributed by atoms with Gasteiger partial charge in [-0.05, 0) is 18.8 Å². The van der Waals surface area contributed by atoms with Crippen LogP contribution in [-0.4, -0.2) is 9.97 Å². The highest BCUT2D eigenvalue weighted by Crippen LogP contribution is 2.25. The molecule has 2 aromatic rings. The number of hydrogen-bond donors (Lipinski definition) is 0. The second-order valence-electron chi connectivity index (χ2n) is 5.57. The lowest BCUT2D eigenvalue weighted by molar-refractivity contribution is 0.349. The molecule has 0 radical (unpaired) electrons. The molecule has 2 heterocycles. The van der Waals surface area contributed by atoms with Crippen molar-refractivity contribution in [1.82, 2.24) is 9.97 Å². The van der Waals surface area contributed by atoms with Crippen LogP contribution in [0.3, 0.4) is 0 Å². The number of thiazole rings is 2. The van der Waals surface area contributed by atoms with Gasteiger partial charge in [0.05, 0.1) is 16.7 Å². The Hall–Kier alpha value is -0.740. The summed E-state index contributed by atoms with van der Waals surface area (Å²) < 4.78 is 0. The van der Waals surface area contributed by atoms with Crippen LogP contribution >= 0.6 is 22.7 Å². The third kappa shape index (κ3) is 8.64. The van der Waals surface area contributed by atoms with Crippen LogP contribution in [0.2, 0.25) is 0 Å². The first-order chi connectivity index (χ1) is 10.8. The Morgan fingerprint density at radius 3 is 2.14 bits per heavy atom. The molecule has 0 amide bonds. The fourth-order valence-corrected chi connectivity index (χ4v) is 3.61. The van der Waals surface area contributed by atoms with Gasteiger partial charge in [0, 0.05) is 16.5 Å². The van der Waals surface area contributed by atoms with Crippen LogP contribution in [0.25, 0.3) is 0 Å². The Bertz CT molecular complexity index is 397. The first-order valence-corrected chi connectivity index (χ1v) is 10.4. The zero-order valence-corrected chi connectivity index (χ0v) is 15.9. The van der Waals surface area contributed by atoms with Crippen molar-refractivity contribution in [2.45, 2.75) is 72.1 Å². The fourth-order valence-electron chi connectivity index (χ4n) is 2.42. The average Bonchev–Trinajstić information content (AvgIpc) is 3.29. The summed E-state index contributed by atoms with van der Waals surface area (Å²) in [5, 5.41) is 2.07. The largest absolute Gasteiger partial charge is 0.253 e. The summed E-state index contributed by atoms with van der Waals surface area (Å²) in [6, 6.07) is 0. The molecular formula is C18H30N2S2. The van der Waals surface area contributed by atoms with Gasteiger partial charge >= 0.3 is 0 Å². The Morgan fingerprint density at radius 1 is 1.05 bits per heavy atom. The van der Waals surface area contributed by atoms with Crippen molar-refractivity contribution in [2.75, 3.05) is 0 Å². The Labute approximate surface area is 144 Å². The highest BCUT2D eigenvalue weighted by Gasteiger charge is 2.09. The van der Waals surface area contributed by atoms with Gasteiger partial charge in [-0.15, -0.1) is 22.7 Å². The number of aryl methyl sites for hydroxylation is 2. The number of rotatable bonds is 3. The summed E-state index contributed by atoms with van der Waals surface area (Å²) in [6.45, 7) is 6.55.